The van der Waals surface area contributed by atoms with Crippen molar-refractivity contribution in [1.82, 2.24) is 5.32 Å². The Kier molecular flexibility index (Phi) is 9.20. The number of carbonyl (C=O) groups is 4. The molecule has 1 fully saturated rings. The Morgan fingerprint density at radius 2 is 1.51 bits per heavy atom. The van der Waals surface area contributed by atoms with Crippen LogP contribution in [-0.4, -0.2) is 55.9 Å². The van der Waals surface area contributed by atoms with Gasteiger partial charge in [0, 0.05) is 43.4 Å². The predicted molar refractivity (Wildman–Crippen MR) is 136 cm³/mol. The second-order valence-corrected chi connectivity index (χ2v) is 8.52. The first kappa shape index (κ1) is 27.2. The summed E-state index contributed by atoms with van der Waals surface area (Å²) in [6.45, 7) is 5.26. The van der Waals surface area contributed by atoms with Crippen LogP contribution in [0.2, 0.25) is 0 Å². The van der Waals surface area contributed by atoms with E-state index in [-0.39, 0.29) is 23.9 Å². The van der Waals surface area contributed by atoms with Gasteiger partial charge in [-0.15, -0.1) is 0 Å². The lowest BCUT2D eigenvalue weighted by atomic mass is 10.1. The average Bonchev–Trinajstić information content (AvgIpc) is 3.23. The van der Waals surface area contributed by atoms with Crippen molar-refractivity contribution in [2.24, 2.45) is 0 Å². The molecule has 11 nitrogen and oxygen atoms in total. The number of benzene rings is 2. The van der Waals surface area contributed by atoms with Crippen LogP contribution in [0.3, 0.4) is 0 Å². The number of urea groups is 1. The van der Waals surface area contributed by atoms with Gasteiger partial charge < -0.3 is 14.2 Å². The third-order valence-electron chi connectivity index (χ3n) is 5.39. The van der Waals surface area contributed by atoms with Gasteiger partial charge in [-0.2, -0.15) is 0 Å². The van der Waals surface area contributed by atoms with Crippen molar-refractivity contribution in [2.75, 3.05) is 29.7 Å². The van der Waals surface area contributed by atoms with Gasteiger partial charge in [0.15, 0.2) is 0 Å². The summed E-state index contributed by atoms with van der Waals surface area (Å²) in [7, 11) is 0. The van der Waals surface area contributed by atoms with E-state index in [0.29, 0.717) is 37.2 Å². The molecule has 3 rings (SSSR count). The van der Waals surface area contributed by atoms with Crippen LogP contribution in [0.25, 0.3) is 0 Å². The second-order valence-electron chi connectivity index (χ2n) is 8.52. The Morgan fingerprint density at radius 1 is 0.946 bits per heavy atom. The smallest absolute Gasteiger partial charge is 0.415 e. The van der Waals surface area contributed by atoms with E-state index in [1.807, 2.05) is 38.1 Å². The molecule has 2 aromatic carbocycles. The molecule has 2 N–H and O–H groups in total. The topological polar surface area (TPSA) is 138 Å². The van der Waals surface area contributed by atoms with Crippen molar-refractivity contribution in [3.63, 3.8) is 0 Å². The second kappa shape index (κ2) is 12.5. The molecule has 0 radical (unpaired) electrons. The molecule has 0 atom stereocenters. The third kappa shape index (κ3) is 7.79. The Hall–Kier alpha value is -4.41. The van der Waals surface area contributed by atoms with Crippen molar-refractivity contribution < 1.29 is 33.4 Å². The highest BCUT2D eigenvalue weighted by Crippen LogP contribution is 2.26. The van der Waals surface area contributed by atoms with E-state index in [9.17, 15) is 19.2 Å². The summed E-state index contributed by atoms with van der Waals surface area (Å²) < 4.78 is 14.3. The monoisotopic (exact) mass is 510 g/mol. The Balaban J connectivity index is 1.54. The van der Waals surface area contributed by atoms with Crippen LogP contribution in [0.15, 0.2) is 48.5 Å². The van der Waals surface area contributed by atoms with E-state index < -0.39 is 18.9 Å². The first-order chi connectivity index (χ1) is 17.6. The van der Waals surface area contributed by atoms with E-state index in [4.69, 9.17) is 10.1 Å². The van der Waals surface area contributed by atoms with Gasteiger partial charge in [0.1, 0.15) is 5.84 Å². The zero-order chi connectivity index (χ0) is 26.9. The molecule has 1 aliphatic rings. The van der Waals surface area contributed by atoms with E-state index in [1.54, 1.807) is 34.1 Å². The number of anilines is 2. The van der Waals surface area contributed by atoms with E-state index in [1.165, 1.54) is 6.92 Å². The van der Waals surface area contributed by atoms with Crippen molar-refractivity contribution >= 4 is 41.3 Å². The zero-order valence-electron chi connectivity index (χ0n) is 21.0. The maximum Gasteiger partial charge on any atom is 0.415 e. The summed E-state index contributed by atoms with van der Waals surface area (Å²) >= 11 is 0. The first-order valence-corrected chi connectivity index (χ1v) is 11.8. The quantitative estimate of drug-likeness (QED) is 0.227. The van der Waals surface area contributed by atoms with Crippen molar-refractivity contribution in [3.8, 4) is 0 Å². The molecule has 196 valence electrons. The average molecular weight is 511 g/mol. The van der Waals surface area contributed by atoms with E-state index in [2.05, 4.69) is 14.8 Å². The number of esters is 2. The van der Waals surface area contributed by atoms with Gasteiger partial charge in [-0.05, 0) is 62.2 Å². The van der Waals surface area contributed by atoms with Crippen LogP contribution in [0.5, 0.6) is 0 Å². The molecule has 0 aliphatic carbocycles. The van der Waals surface area contributed by atoms with Gasteiger partial charge in [0.2, 0.25) is 6.79 Å². The minimum absolute atomic E-state index is 0.136. The number of alkyl carbamates (subject to hydrolysis) is 1. The van der Waals surface area contributed by atoms with Gasteiger partial charge in [0.05, 0.1) is 6.10 Å². The summed E-state index contributed by atoms with van der Waals surface area (Å²) in [5.74, 6) is -1.03. The highest BCUT2D eigenvalue weighted by molar-refractivity contribution is 6.07. The van der Waals surface area contributed by atoms with Gasteiger partial charge in [-0.1, -0.05) is 12.1 Å². The predicted octanol–water partition coefficient (Wildman–Crippen LogP) is 3.59. The molecule has 0 unspecified atom stereocenters. The summed E-state index contributed by atoms with van der Waals surface area (Å²) in [5, 5.41) is 10.3. The molecule has 0 aromatic heterocycles. The lowest BCUT2D eigenvalue weighted by Crippen LogP contribution is -2.32. The zero-order valence-corrected chi connectivity index (χ0v) is 21.0. The fraction of sp³-hybridized carbons (Fsp3) is 0.346. The number of rotatable bonds is 9. The summed E-state index contributed by atoms with van der Waals surface area (Å²) in [6.07, 6.45) is -0.205. The molecule has 37 heavy (non-hydrogen) atoms. The lowest BCUT2D eigenvalue weighted by molar-refractivity contribution is -0.149. The van der Waals surface area contributed by atoms with E-state index >= 15 is 0 Å². The maximum absolute atomic E-state index is 13.1. The molecular weight excluding hydrogens is 480 g/mol. The molecule has 1 aliphatic heterocycles. The third-order valence-corrected chi connectivity index (χ3v) is 5.39. The van der Waals surface area contributed by atoms with Crippen LogP contribution in [0, 0.1) is 5.41 Å². The molecule has 3 amide bonds. The summed E-state index contributed by atoms with van der Waals surface area (Å²) in [4.78, 5) is 50.5. The Bertz CT molecular complexity index is 1150. The highest BCUT2D eigenvalue weighted by Gasteiger charge is 2.30. The van der Waals surface area contributed by atoms with Crippen LogP contribution in [-0.2, 0) is 30.2 Å². The van der Waals surface area contributed by atoms with Crippen molar-refractivity contribution in [1.29, 1.82) is 5.41 Å². The number of carbonyl (C=O) groups excluding carboxylic acids is 4. The molecule has 0 bridgehead atoms. The molecule has 1 heterocycles. The highest BCUT2D eigenvalue weighted by atomic mass is 16.7. The standard InChI is InChI=1S/C26H30N4O7/c1-17(2)37-23(32)13-6-19-4-9-21(10-5-19)29-14-15-30(26(29)34)22-11-7-20(8-12-22)24(27)28-25(33)36-16-35-18(3)31/h4-5,7-12,17H,6,13-16H2,1-3H3,(H2,27,28,33). The number of aryl methyl sites for hydroxylation is 1. The number of hydrogen-bond donors (Lipinski definition) is 2. The normalized spacial score (nSPS) is 12.9. The minimum Gasteiger partial charge on any atom is -0.463 e. The Labute approximate surface area is 214 Å². The fourth-order valence-corrected chi connectivity index (χ4v) is 3.61. The first-order valence-electron chi connectivity index (χ1n) is 11.8. The number of hydrogen-bond acceptors (Lipinski definition) is 8. The lowest BCUT2D eigenvalue weighted by Gasteiger charge is -2.19. The number of nitrogens with zero attached hydrogens (tertiary/aromatic N) is 2. The molecule has 0 saturated carbocycles. The molecule has 0 spiro atoms. The van der Waals surface area contributed by atoms with Crippen LogP contribution in [0.1, 0.15) is 38.3 Å². The van der Waals surface area contributed by atoms with Crippen molar-refractivity contribution in [2.45, 2.75) is 39.7 Å². The van der Waals surface area contributed by atoms with Crippen LogP contribution in [0.4, 0.5) is 21.0 Å². The molecule has 2 aromatic rings. The summed E-state index contributed by atoms with van der Waals surface area (Å²) in [6, 6.07) is 14.0. The summed E-state index contributed by atoms with van der Waals surface area (Å²) in [5.41, 5.74) is 2.80. The number of amides is 3. The largest absolute Gasteiger partial charge is 0.463 e. The van der Waals surface area contributed by atoms with E-state index in [0.717, 1.165) is 11.3 Å². The minimum atomic E-state index is -0.929. The molecule has 11 heteroatoms. The van der Waals surface area contributed by atoms with Gasteiger partial charge in [-0.3, -0.25) is 30.1 Å². The fourth-order valence-electron chi connectivity index (χ4n) is 3.61. The van der Waals surface area contributed by atoms with Crippen LogP contribution >= 0.6 is 0 Å². The number of amidine groups is 1. The van der Waals surface area contributed by atoms with Crippen molar-refractivity contribution in [3.05, 3.63) is 59.7 Å². The van der Waals surface area contributed by atoms with Gasteiger partial charge >= 0.3 is 24.1 Å². The number of ether oxygens (including phenoxy) is 3. The molecule has 1 saturated heterocycles. The number of nitrogens with one attached hydrogen (secondary N) is 2. The molecular formula is C26H30N4O7. The van der Waals surface area contributed by atoms with Crippen LogP contribution < -0.4 is 15.1 Å². The Morgan fingerprint density at radius 3 is 2.05 bits per heavy atom. The SMILES string of the molecule is CC(=O)OCOC(=O)NC(=N)c1ccc(N2CCN(c3ccc(CCC(=O)OC(C)C)cc3)C2=O)cc1. The van der Waals surface area contributed by atoms with Gasteiger partial charge in [0.25, 0.3) is 0 Å². The maximum atomic E-state index is 13.1. The van der Waals surface area contributed by atoms with Gasteiger partial charge in [-0.25, -0.2) is 9.59 Å².